The zero-order chi connectivity index (χ0) is 7.68. The largest absolute Gasteiger partial charge is 0.217 e. The van der Waals surface area contributed by atoms with E-state index in [2.05, 4.69) is 36.2 Å². The van der Waals surface area contributed by atoms with Gasteiger partial charge in [0.1, 0.15) is 0 Å². The van der Waals surface area contributed by atoms with Crippen LogP contribution in [0, 0.1) is 6.92 Å². The van der Waals surface area contributed by atoms with Crippen molar-refractivity contribution in [1.29, 1.82) is 0 Å². The quantitative estimate of drug-likeness (QED) is 0.536. The molecule has 0 atom stereocenters. The monoisotopic (exact) mass is 144 g/mol. The van der Waals surface area contributed by atoms with Gasteiger partial charge in [-0.25, -0.2) is 4.98 Å². The Hall–Kier alpha value is -1.37. The highest BCUT2D eigenvalue weighted by Gasteiger charge is 1.96. The van der Waals surface area contributed by atoms with E-state index in [4.69, 9.17) is 0 Å². The predicted molar refractivity (Wildman–Crippen MR) is 45.2 cm³/mol. The van der Waals surface area contributed by atoms with E-state index in [0.29, 0.717) is 0 Å². The summed E-state index contributed by atoms with van der Waals surface area (Å²) in [5, 5.41) is 2.60. The lowest BCUT2D eigenvalue weighted by Crippen LogP contribution is -1.97. The fourth-order valence-electron chi connectivity index (χ4n) is 1.33. The number of H-pyrrole nitrogens is 1. The molecule has 0 radical (unpaired) electrons. The van der Waals surface area contributed by atoms with Gasteiger partial charge in [0, 0.05) is 11.5 Å². The van der Waals surface area contributed by atoms with Gasteiger partial charge in [-0.1, -0.05) is 12.1 Å². The van der Waals surface area contributed by atoms with Crippen LogP contribution in [0.1, 0.15) is 5.56 Å². The third kappa shape index (κ3) is 0.984. The SMILES string of the molecule is Cc1cccc2c[nH+]ccc12. The van der Waals surface area contributed by atoms with Crippen LogP contribution in [-0.2, 0) is 0 Å². The van der Waals surface area contributed by atoms with Gasteiger partial charge >= 0.3 is 0 Å². The maximum atomic E-state index is 3.06. The fraction of sp³-hybridized carbons (Fsp3) is 0.100. The Morgan fingerprint density at radius 1 is 1.18 bits per heavy atom. The molecule has 1 aromatic carbocycles. The van der Waals surface area contributed by atoms with Gasteiger partial charge in [-0.15, -0.1) is 0 Å². The molecule has 54 valence electrons. The molecule has 1 aromatic heterocycles. The van der Waals surface area contributed by atoms with Gasteiger partial charge in [-0.2, -0.15) is 0 Å². The maximum absolute atomic E-state index is 3.06. The smallest absolute Gasteiger partial charge is 0.174 e. The molecule has 11 heavy (non-hydrogen) atoms. The molecule has 0 saturated carbocycles. The van der Waals surface area contributed by atoms with Crippen molar-refractivity contribution in [3.8, 4) is 0 Å². The third-order valence-corrected chi connectivity index (χ3v) is 1.94. The molecule has 0 spiro atoms. The van der Waals surface area contributed by atoms with Gasteiger partial charge in [0.05, 0.1) is 0 Å². The second-order valence-electron chi connectivity index (χ2n) is 2.72. The number of rotatable bonds is 0. The van der Waals surface area contributed by atoms with Crippen molar-refractivity contribution in [3.63, 3.8) is 0 Å². The van der Waals surface area contributed by atoms with E-state index in [1.807, 2.05) is 12.4 Å². The average Bonchev–Trinajstić information content (AvgIpc) is 2.06. The van der Waals surface area contributed by atoms with E-state index < -0.39 is 0 Å². The van der Waals surface area contributed by atoms with Crippen molar-refractivity contribution in [2.75, 3.05) is 0 Å². The Kier molecular flexibility index (Phi) is 1.35. The van der Waals surface area contributed by atoms with Gasteiger partial charge in [-0.3, -0.25) is 0 Å². The van der Waals surface area contributed by atoms with Crippen molar-refractivity contribution in [2.45, 2.75) is 6.92 Å². The zero-order valence-electron chi connectivity index (χ0n) is 6.46. The molecule has 1 heterocycles. The fourth-order valence-corrected chi connectivity index (χ4v) is 1.33. The number of pyridine rings is 1. The van der Waals surface area contributed by atoms with Gasteiger partial charge in [0.15, 0.2) is 12.4 Å². The number of fused-ring (bicyclic) bond motifs is 1. The Morgan fingerprint density at radius 2 is 2.09 bits per heavy atom. The maximum Gasteiger partial charge on any atom is 0.174 e. The molecule has 0 aliphatic heterocycles. The first-order chi connectivity index (χ1) is 5.38. The standard InChI is InChI=1S/C10H9N/c1-8-3-2-4-9-7-11-6-5-10(8)9/h2-7H,1H3/p+1. The van der Waals surface area contributed by atoms with Crippen LogP contribution in [0.4, 0.5) is 0 Å². The number of aromatic amines is 1. The van der Waals surface area contributed by atoms with Gasteiger partial charge < -0.3 is 0 Å². The van der Waals surface area contributed by atoms with Crippen LogP contribution in [0.25, 0.3) is 10.8 Å². The molecular formula is C10H10N+. The molecule has 1 heteroatoms. The van der Waals surface area contributed by atoms with Crippen molar-refractivity contribution in [1.82, 2.24) is 0 Å². The lowest BCUT2D eigenvalue weighted by molar-refractivity contribution is -0.375. The molecule has 0 unspecified atom stereocenters. The van der Waals surface area contributed by atoms with Crippen LogP contribution in [0.3, 0.4) is 0 Å². The summed E-state index contributed by atoms with van der Waals surface area (Å²) < 4.78 is 0. The molecule has 1 nitrogen and oxygen atoms in total. The van der Waals surface area contributed by atoms with E-state index >= 15 is 0 Å². The van der Waals surface area contributed by atoms with E-state index in [1.54, 1.807) is 0 Å². The molecule has 2 rings (SSSR count). The summed E-state index contributed by atoms with van der Waals surface area (Å²) in [4.78, 5) is 3.06. The van der Waals surface area contributed by atoms with Crippen LogP contribution < -0.4 is 4.98 Å². The predicted octanol–water partition coefficient (Wildman–Crippen LogP) is 1.96. The summed E-state index contributed by atoms with van der Waals surface area (Å²) in [6, 6.07) is 8.41. The summed E-state index contributed by atoms with van der Waals surface area (Å²) in [5.41, 5.74) is 1.33. The summed E-state index contributed by atoms with van der Waals surface area (Å²) in [6.07, 6.45) is 3.97. The Balaban J connectivity index is 2.91. The average molecular weight is 144 g/mol. The first kappa shape index (κ1) is 6.35. The second kappa shape index (κ2) is 2.35. The highest BCUT2D eigenvalue weighted by atomic mass is 14.6. The molecule has 0 aliphatic carbocycles. The molecule has 0 bridgehead atoms. The van der Waals surface area contributed by atoms with Crippen molar-refractivity contribution >= 4 is 10.8 Å². The van der Waals surface area contributed by atoms with Crippen LogP contribution >= 0.6 is 0 Å². The zero-order valence-corrected chi connectivity index (χ0v) is 6.46. The number of hydrogen-bond acceptors (Lipinski definition) is 0. The Bertz CT molecular complexity index is 374. The normalized spacial score (nSPS) is 10.3. The minimum atomic E-state index is 1.27. The molecule has 0 amide bonds. The van der Waals surface area contributed by atoms with Crippen molar-refractivity contribution in [2.24, 2.45) is 0 Å². The summed E-state index contributed by atoms with van der Waals surface area (Å²) in [7, 11) is 0. The van der Waals surface area contributed by atoms with Crippen LogP contribution in [0.15, 0.2) is 36.7 Å². The molecule has 0 aliphatic rings. The summed E-state index contributed by atoms with van der Waals surface area (Å²) in [5.74, 6) is 0. The number of benzene rings is 1. The minimum absolute atomic E-state index is 1.27. The van der Waals surface area contributed by atoms with E-state index in [1.165, 1.54) is 16.3 Å². The first-order valence-corrected chi connectivity index (χ1v) is 3.73. The van der Waals surface area contributed by atoms with Gasteiger partial charge in [0.25, 0.3) is 0 Å². The highest BCUT2D eigenvalue weighted by molar-refractivity contribution is 5.83. The minimum Gasteiger partial charge on any atom is -0.217 e. The summed E-state index contributed by atoms with van der Waals surface area (Å²) >= 11 is 0. The van der Waals surface area contributed by atoms with E-state index in [0.717, 1.165) is 0 Å². The third-order valence-electron chi connectivity index (χ3n) is 1.94. The van der Waals surface area contributed by atoms with E-state index in [9.17, 15) is 0 Å². The summed E-state index contributed by atoms with van der Waals surface area (Å²) in [6.45, 7) is 2.13. The topological polar surface area (TPSA) is 14.1 Å². The highest BCUT2D eigenvalue weighted by Crippen LogP contribution is 2.14. The number of nitrogens with one attached hydrogen (secondary N) is 1. The van der Waals surface area contributed by atoms with Gasteiger partial charge in [0.2, 0.25) is 0 Å². The molecular weight excluding hydrogens is 134 g/mol. The number of aromatic nitrogens is 1. The van der Waals surface area contributed by atoms with Crippen LogP contribution in [0.2, 0.25) is 0 Å². The molecule has 0 saturated heterocycles. The Labute approximate surface area is 65.7 Å². The Morgan fingerprint density at radius 3 is 2.91 bits per heavy atom. The van der Waals surface area contributed by atoms with Gasteiger partial charge in [-0.05, 0) is 23.9 Å². The van der Waals surface area contributed by atoms with Crippen molar-refractivity contribution < 1.29 is 4.98 Å². The second-order valence-corrected chi connectivity index (χ2v) is 2.72. The first-order valence-electron chi connectivity index (χ1n) is 3.73. The lowest BCUT2D eigenvalue weighted by atomic mass is 10.1. The molecule has 2 aromatic rings. The molecule has 1 N–H and O–H groups in total. The van der Waals surface area contributed by atoms with Crippen molar-refractivity contribution in [3.05, 3.63) is 42.2 Å². The van der Waals surface area contributed by atoms with E-state index in [-0.39, 0.29) is 0 Å². The lowest BCUT2D eigenvalue weighted by Gasteiger charge is -1.95. The number of hydrogen-bond donors (Lipinski definition) is 0. The number of aryl methyl sites for hydroxylation is 1. The molecule has 0 fully saturated rings. The van der Waals surface area contributed by atoms with Crippen LogP contribution in [0.5, 0.6) is 0 Å². The van der Waals surface area contributed by atoms with Crippen LogP contribution in [-0.4, -0.2) is 0 Å².